The Morgan fingerprint density at radius 2 is 1.19 bits per heavy atom. The molecule has 1 amide bonds. The number of carboxylic acids is 3. The quantitative estimate of drug-likeness (QED) is 0.195. The molecule has 2 aliphatic rings. The van der Waals surface area contributed by atoms with Crippen LogP contribution in [0.1, 0.15) is 23.6 Å². The van der Waals surface area contributed by atoms with Crippen molar-refractivity contribution in [3.8, 4) is 34.1 Å². The van der Waals surface area contributed by atoms with Gasteiger partial charge in [-0.1, -0.05) is 6.07 Å². The molecule has 2 aromatic carbocycles. The predicted molar refractivity (Wildman–Crippen MR) is 187 cm³/mol. The van der Waals surface area contributed by atoms with Crippen LogP contribution < -0.4 is 25.0 Å². The van der Waals surface area contributed by atoms with Crippen LogP contribution in [0.25, 0.3) is 11.1 Å². The summed E-state index contributed by atoms with van der Waals surface area (Å²) >= 11 is 0. The monoisotopic (exact) mass is 729 g/mol. The van der Waals surface area contributed by atoms with Crippen molar-refractivity contribution < 1.29 is 53.8 Å². The molecule has 0 aromatic heterocycles. The Hall–Kier alpha value is -4.97. The average Bonchev–Trinajstić information content (AvgIpc) is 3.32. The standard InChI is InChI=1S/C35H47N5O12/c1-50-28-16-22-4-6-25(24-17-27(42)26(41)7-5-23(24)33(22)35(52-3)34(28)51-2)36-29(43)18-37-8-10-38(19-30(44)45)12-14-40(21-32(48)49)15-13-39(11-9-37)20-31(46)47/h5,7,16-17,25H,4,6,8-15,18-21H2,1-3H3,(H,36,43)(H,41,42)(H,44,45)(H,46,47)(H,48,49)/t25-/m0/s1. The van der Waals surface area contributed by atoms with E-state index in [9.17, 15) is 44.4 Å². The molecule has 4 rings (SSSR count). The van der Waals surface area contributed by atoms with Gasteiger partial charge < -0.3 is 40.0 Å². The number of hydrogen-bond acceptors (Lipinski definition) is 13. The lowest BCUT2D eigenvalue weighted by molar-refractivity contribution is -0.140. The minimum Gasteiger partial charge on any atom is -0.504 e. The summed E-state index contributed by atoms with van der Waals surface area (Å²) in [5.41, 5.74) is 1.81. The van der Waals surface area contributed by atoms with Gasteiger partial charge in [-0.15, -0.1) is 0 Å². The lowest BCUT2D eigenvalue weighted by atomic mass is 9.95. The predicted octanol–water partition coefficient (Wildman–Crippen LogP) is 0.0241. The van der Waals surface area contributed by atoms with E-state index in [4.69, 9.17) is 14.2 Å². The summed E-state index contributed by atoms with van der Waals surface area (Å²) in [5, 5.41) is 41.9. The van der Waals surface area contributed by atoms with Crippen molar-refractivity contribution in [2.75, 3.05) is 99.9 Å². The van der Waals surface area contributed by atoms with Crippen molar-refractivity contribution in [1.29, 1.82) is 0 Å². The first-order chi connectivity index (χ1) is 24.8. The highest BCUT2D eigenvalue weighted by molar-refractivity contribution is 5.84. The van der Waals surface area contributed by atoms with E-state index in [-0.39, 0.29) is 84.4 Å². The molecule has 0 radical (unpaired) electrons. The molecule has 1 heterocycles. The largest absolute Gasteiger partial charge is 0.504 e. The number of rotatable bonds is 12. The maximum absolute atomic E-state index is 13.8. The summed E-state index contributed by atoms with van der Waals surface area (Å²) < 4.78 is 17.0. The van der Waals surface area contributed by atoms with Crippen LogP contribution in [0.3, 0.4) is 0 Å². The van der Waals surface area contributed by atoms with E-state index in [1.54, 1.807) is 20.8 Å². The molecule has 1 saturated heterocycles. The van der Waals surface area contributed by atoms with Crippen LogP contribution in [0.15, 0.2) is 29.1 Å². The number of nitrogens with zero attached hydrogens (tertiary/aromatic N) is 4. The van der Waals surface area contributed by atoms with Crippen LogP contribution in [-0.4, -0.2) is 164 Å². The van der Waals surface area contributed by atoms with Crippen molar-refractivity contribution in [2.45, 2.75) is 18.9 Å². The van der Waals surface area contributed by atoms with Gasteiger partial charge in [0, 0.05) is 57.9 Å². The van der Waals surface area contributed by atoms with Gasteiger partial charge in [0.25, 0.3) is 0 Å². The number of benzene rings is 1. The fourth-order valence-electron chi connectivity index (χ4n) is 6.68. The first kappa shape index (κ1) is 39.8. The molecule has 1 aliphatic carbocycles. The molecule has 2 aromatic rings. The highest BCUT2D eigenvalue weighted by atomic mass is 16.5. The fourth-order valence-corrected chi connectivity index (χ4v) is 6.68. The summed E-state index contributed by atoms with van der Waals surface area (Å²) in [6.45, 7) is 1.05. The van der Waals surface area contributed by atoms with Crippen LogP contribution in [0.5, 0.6) is 23.0 Å². The molecule has 1 aliphatic heterocycles. The summed E-state index contributed by atoms with van der Waals surface area (Å²) in [4.78, 5) is 68.4. The SMILES string of the molecule is COc1cc2c(c(OC)c1OC)-c1ccc(O)c(=O)cc1[C@@H](NC(=O)CN1CCN(CC(=O)O)CCN(CC(=O)O)CCN(CC(=O)O)CC1)CC2. The lowest BCUT2D eigenvalue weighted by Gasteiger charge is -2.33. The molecule has 284 valence electrons. The molecule has 52 heavy (non-hydrogen) atoms. The Bertz CT molecular complexity index is 1660. The Morgan fingerprint density at radius 3 is 1.63 bits per heavy atom. The third-order valence-electron chi connectivity index (χ3n) is 9.23. The number of methoxy groups -OCH3 is 3. The van der Waals surface area contributed by atoms with Gasteiger partial charge in [-0.3, -0.25) is 43.6 Å². The fraction of sp³-hybridized carbons (Fsp3) is 0.514. The summed E-state index contributed by atoms with van der Waals surface area (Å²) in [7, 11) is 4.47. The van der Waals surface area contributed by atoms with Crippen molar-refractivity contribution in [3.63, 3.8) is 0 Å². The van der Waals surface area contributed by atoms with E-state index in [0.29, 0.717) is 46.8 Å². The van der Waals surface area contributed by atoms with Gasteiger partial charge in [0.05, 0.1) is 53.6 Å². The molecule has 0 spiro atoms. The van der Waals surface area contributed by atoms with Crippen LogP contribution in [0.2, 0.25) is 0 Å². The molecular formula is C35H47N5O12. The van der Waals surface area contributed by atoms with Gasteiger partial charge in [-0.2, -0.15) is 0 Å². The zero-order valence-corrected chi connectivity index (χ0v) is 29.6. The van der Waals surface area contributed by atoms with Crippen molar-refractivity contribution in [2.24, 2.45) is 0 Å². The van der Waals surface area contributed by atoms with E-state index in [1.165, 1.54) is 33.5 Å². The number of hydrogen-bond donors (Lipinski definition) is 5. The first-order valence-electron chi connectivity index (χ1n) is 16.9. The van der Waals surface area contributed by atoms with E-state index in [1.807, 2.05) is 11.0 Å². The van der Waals surface area contributed by atoms with Crippen molar-refractivity contribution in [3.05, 3.63) is 45.6 Å². The zero-order valence-electron chi connectivity index (χ0n) is 29.6. The second-order valence-corrected chi connectivity index (χ2v) is 12.7. The number of carbonyl (C=O) groups is 4. The molecule has 1 atom stereocenters. The second-order valence-electron chi connectivity index (χ2n) is 12.7. The molecule has 17 nitrogen and oxygen atoms in total. The van der Waals surface area contributed by atoms with Crippen LogP contribution in [-0.2, 0) is 25.6 Å². The van der Waals surface area contributed by atoms with Gasteiger partial charge in [-0.05, 0) is 47.7 Å². The van der Waals surface area contributed by atoms with E-state index >= 15 is 0 Å². The summed E-state index contributed by atoms with van der Waals surface area (Å²) in [6, 6.07) is 5.35. The topological polar surface area (TPSA) is 219 Å². The number of aromatic hydroxyl groups is 1. The van der Waals surface area contributed by atoms with Crippen LogP contribution in [0.4, 0.5) is 0 Å². The van der Waals surface area contributed by atoms with E-state index < -0.39 is 35.1 Å². The average molecular weight is 730 g/mol. The van der Waals surface area contributed by atoms with Crippen LogP contribution >= 0.6 is 0 Å². The normalized spacial score (nSPS) is 18.0. The van der Waals surface area contributed by atoms with Crippen molar-refractivity contribution >= 4 is 23.8 Å². The Morgan fingerprint density at radius 1 is 0.712 bits per heavy atom. The molecular weight excluding hydrogens is 682 g/mol. The number of nitrogens with one attached hydrogen (secondary N) is 1. The third kappa shape index (κ3) is 10.5. The van der Waals surface area contributed by atoms with E-state index in [0.717, 1.165) is 5.56 Å². The number of carboxylic acid groups (broad SMARTS) is 3. The smallest absolute Gasteiger partial charge is 0.317 e. The summed E-state index contributed by atoms with van der Waals surface area (Å²) in [6.07, 6.45) is 0.826. The maximum atomic E-state index is 13.8. The van der Waals surface area contributed by atoms with Gasteiger partial charge >= 0.3 is 17.9 Å². The van der Waals surface area contributed by atoms with Crippen LogP contribution in [0, 0.1) is 0 Å². The molecule has 17 heteroatoms. The van der Waals surface area contributed by atoms with Gasteiger partial charge in [0.2, 0.25) is 17.1 Å². The summed E-state index contributed by atoms with van der Waals surface area (Å²) in [5.74, 6) is -2.86. The number of amides is 1. The Labute approximate surface area is 300 Å². The molecule has 0 unspecified atom stereocenters. The molecule has 5 N–H and O–H groups in total. The number of aliphatic carboxylic acids is 3. The van der Waals surface area contributed by atoms with Gasteiger partial charge in [-0.25, -0.2) is 0 Å². The third-order valence-corrected chi connectivity index (χ3v) is 9.23. The highest BCUT2D eigenvalue weighted by Crippen LogP contribution is 2.50. The van der Waals surface area contributed by atoms with Crippen molar-refractivity contribution in [1.82, 2.24) is 24.9 Å². The van der Waals surface area contributed by atoms with E-state index in [2.05, 4.69) is 5.32 Å². The molecule has 0 bridgehead atoms. The zero-order chi connectivity index (χ0) is 37.9. The number of fused-ring (bicyclic) bond motifs is 3. The maximum Gasteiger partial charge on any atom is 0.317 e. The molecule has 0 saturated carbocycles. The Kier molecular flexibility index (Phi) is 14.2. The first-order valence-corrected chi connectivity index (χ1v) is 16.9. The minimum absolute atomic E-state index is 0.120. The molecule has 1 fully saturated rings. The number of aryl methyl sites for hydroxylation is 1. The number of carbonyl (C=O) groups excluding carboxylic acids is 1. The lowest BCUT2D eigenvalue weighted by Crippen LogP contribution is -2.50. The van der Waals surface area contributed by atoms with Gasteiger partial charge in [0.15, 0.2) is 17.2 Å². The second kappa shape index (κ2) is 18.5. The Balaban J connectivity index is 1.63. The van der Waals surface area contributed by atoms with Gasteiger partial charge in [0.1, 0.15) is 0 Å². The minimum atomic E-state index is -1.05. The highest BCUT2D eigenvalue weighted by Gasteiger charge is 2.30. The number of ether oxygens (including phenoxy) is 3.